The van der Waals surface area contributed by atoms with Gasteiger partial charge >= 0.3 is 0 Å². The number of aliphatic hydroxyl groups is 3. The molecular formula is C25H39FO4. The number of alkyl halides is 1. The van der Waals surface area contributed by atoms with Crippen LogP contribution in [0.2, 0.25) is 0 Å². The van der Waals surface area contributed by atoms with Crippen molar-refractivity contribution in [3.05, 3.63) is 35.5 Å². The molecule has 0 amide bonds. The average Bonchev–Trinajstić information content (AvgIpc) is 2.94. The summed E-state index contributed by atoms with van der Waals surface area (Å²) < 4.78 is 14.0. The minimum Gasteiger partial charge on any atom is -0.393 e. The predicted molar refractivity (Wildman–Crippen MR) is 118 cm³/mol. The lowest BCUT2D eigenvalue weighted by Crippen LogP contribution is -2.23. The van der Waals surface area contributed by atoms with Gasteiger partial charge in [-0.3, -0.25) is 0 Å². The molecule has 1 saturated carbocycles. The van der Waals surface area contributed by atoms with Crippen molar-refractivity contribution in [3.63, 3.8) is 0 Å². The molecule has 0 aromatic heterocycles. The molecule has 2 rings (SSSR count). The standard InChI is InChI=1S/C25H39FO4/c1-17-9-10-19(23(26)15-17)11-12-20(28)13-14-22-21(24(29)16-25(22)30)8-6-4-3-5-7-18(2)27/h9-12,20-25,28-30H,3-8,13-16H2,1-2H3. The van der Waals surface area contributed by atoms with Crippen LogP contribution in [0.5, 0.6) is 0 Å². The summed E-state index contributed by atoms with van der Waals surface area (Å²) in [7, 11) is 0. The molecule has 0 saturated heterocycles. The Kier molecular flexibility index (Phi) is 10.4. The first-order valence-corrected chi connectivity index (χ1v) is 11.5. The van der Waals surface area contributed by atoms with Gasteiger partial charge in [0.1, 0.15) is 12.0 Å². The van der Waals surface area contributed by atoms with Crippen molar-refractivity contribution < 1.29 is 24.5 Å². The second-order valence-electron chi connectivity index (χ2n) is 9.21. The summed E-state index contributed by atoms with van der Waals surface area (Å²) in [6.07, 6.45) is 11.6. The first-order valence-electron chi connectivity index (χ1n) is 11.5. The number of hydrogen-bond acceptors (Lipinski definition) is 4. The number of carbonyl (C=O) groups is 1. The Morgan fingerprint density at radius 3 is 2.47 bits per heavy atom. The Morgan fingerprint density at radius 1 is 1.13 bits per heavy atom. The van der Waals surface area contributed by atoms with E-state index in [4.69, 9.17) is 0 Å². The van der Waals surface area contributed by atoms with Crippen LogP contribution >= 0.6 is 0 Å². The van der Waals surface area contributed by atoms with Crippen molar-refractivity contribution in [2.75, 3.05) is 0 Å². The normalized spacial score (nSPS) is 30.4. The maximum absolute atomic E-state index is 14.0. The van der Waals surface area contributed by atoms with Gasteiger partial charge in [-0.05, 0) is 63.4 Å². The minimum absolute atomic E-state index is 0.0197. The van der Waals surface area contributed by atoms with E-state index in [1.807, 2.05) is 13.0 Å². The second kappa shape index (κ2) is 12.5. The zero-order valence-electron chi connectivity index (χ0n) is 18.5. The van der Waals surface area contributed by atoms with E-state index in [2.05, 4.69) is 0 Å². The quantitative estimate of drug-likeness (QED) is 0.402. The van der Waals surface area contributed by atoms with Crippen LogP contribution in [0.4, 0.5) is 4.39 Å². The number of carbonyl (C=O) groups excluding carboxylic acids is 1. The summed E-state index contributed by atoms with van der Waals surface area (Å²) >= 11 is 0. The number of aliphatic hydroxyl groups excluding tert-OH is 3. The van der Waals surface area contributed by atoms with E-state index < -0.39 is 24.5 Å². The first-order chi connectivity index (χ1) is 14.3. The summed E-state index contributed by atoms with van der Waals surface area (Å²) in [5, 5.41) is 31.0. The Bertz CT molecular complexity index is 639. The molecule has 4 nitrogen and oxygen atoms in total. The number of unbranched alkanes of at least 4 members (excludes halogenated alkanes) is 3. The van der Waals surface area contributed by atoms with Crippen LogP contribution in [0.3, 0.4) is 0 Å². The molecule has 30 heavy (non-hydrogen) atoms. The fourth-order valence-corrected chi connectivity index (χ4v) is 4.74. The Hall–Kier alpha value is -1.30. The monoisotopic (exact) mass is 422 g/mol. The summed E-state index contributed by atoms with van der Waals surface area (Å²) in [5.74, 6) is 0.257. The molecule has 0 aromatic carbocycles. The van der Waals surface area contributed by atoms with Crippen molar-refractivity contribution in [3.8, 4) is 0 Å². The smallest absolute Gasteiger partial charge is 0.129 e. The molecule has 2 aliphatic rings. The van der Waals surface area contributed by atoms with Gasteiger partial charge in [-0.15, -0.1) is 0 Å². The lowest BCUT2D eigenvalue weighted by Gasteiger charge is -2.24. The zero-order valence-corrected chi connectivity index (χ0v) is 18.5. The van der Waals surface area contributed by atoms with Gasteiger partial charge < -0.3 is 20.1 Å². The topological polar surface area (TPSA) is 77.8 Å². The van der Waals surface area contributed by atoms with Crippen LogP contribution in [0.1, 0.15) is 78.1 Å². The van der Waals surface area contributed by atoms with Crippen molar-refractivity contribution in [1.29, 1.82) is 0 Å². The molecule has 3 N–H and O–H groups in total. The third-order valence-corrected chi connectivity index (χ3v) is 6.57. The van der Waals surface area contributed by atoms with E-state index in [1.54, 1.807) is 25.2 Å². The minimum atomic E-state index is -1.02. The molecule has 1 fully saturated rings. The summed E-state index contributed by atoms with van der Waals surface area (Å²) in [6.45, 7) is 3.52. The van der Waals surface area contributed by atoms with Crippen molar-refractivity contribution in [2.45, 2.75) is 103 Å². The fourth-order valence-electron chi connectivity index (χ4n) is 4.74. The molecule has 0 aliphatic heterocycles. The van der Waals surface area contributed by atoms with Crippen molar-refractivity contribution in [2.24, 2.45) is 11.8 Å². The van der Waals surface area contributed by atoms with Crippen LogP contribution < -0.4 is 0 Å². The molecule has 0 heterocycles. The molecule has 6 atom stereocenters. The Labute approximate surface area is 180 Å². The predicted octanol–water partition coefficient (Wildman–Crippen LogP) is 4.59. The van der Waals surface area contributed by atoms with Gasteiger partial charge in [0.15, 0.2) is 0 Å². The Balaban J connectivity index is 1.77. The number of allylic oxidation sites excluding steroid dienone is 5. The molecular weight excluding hydrogens is 383 g/mol. The molecule has 0 spiro atoms. The number of hydrogen-bond donors (Lipinski definition) is 3. The van der Waals surface area contributed by atoms with Gasteiger partial charge in [0.25, 0.3) is 0 Å². The van der Waals surface area contributed by atoms with Crippen LogP contribution in [-0.2, 0) is 4.79 Å². The molecule has 2 aliphatic carbocycles. The van der Waals surface area contributed by atoms with Crippen LogP contribution in [0.15, 0.2) is 35.5 Å². The Morgan fingerprint density at radius 2 is 1.80 bits per heavy atom. The van der Waals surface area contributed by atoms with E-state index in [9.17, 15) is 24.5 Å². The van der Waals surface area contributed by atoms with E-state index in [-0.39, 0.29) is 17.6 Å². The van der Waals surface area contributed by atoms with Crippen molar-refractivity contribution in [1.82, 2.24) is 0 Å². The van der Waals surface area contributed by atoms with E-state index in [0.29, 0.717) is 37.7 Å². The molecule has 6 unspecified atom stereocenters. The SMILES string of the molecule is CC(=O)CCCCCCC1C(O)CC(O)C1CCC(O)C=CC1=CC=C(C)CC1F. The third kappa shape index (κ3) is 8.09. The van der Waals surface area contributed by atoms with Gasteiger partial charge in [-0.1, -0.05) is 49.1 Å². The molecule has 0 aromatic rings. The van der Waals surface area contributed by atoms with Crippen LogP contribution in [0, 0.1) is 11.8 Å². The first kappa shape index (κ1) is 25.0. The lowest BCUT2D eigenvalue weighted by atomic mass is 9.84. The maximum Gasteiger partial charge on any atom is 0.129 e. The highest BCUT2D eigenvalue weighted by Gasteiger charge is 2.40. The van der Waals surface area contributed by atoms with Gasteiger partial charge in [-0.25, -0.2) is 4.39 Å². The van der Waals surface area contributed by atoms with Gasteiger partial charge in [0.05, 0.1) is 18.3 Å². The molecule has 0 bridgehead atoms. The van der Waals surface area contributed by atoms with E-state index in [1.165, 1.54) is 0 Å². The highest BCUT2D eigenvalue weighted by molar-refractivity contribution is 5.75. The third-order valence-electron chi connectivity index (χ3n) is 6.57. The number of Topliss-reactive ketones (excluding diaryl/α,β-unsaturated/α-hetero) is 1. The van der Waals surface area contributed by atoms with Crippen LogP contribution in [-0.4, -0.2) is 45.6 Å². The van der Waals surface area contributed by atoms with Gasteiger partial charge in [-0.2, -0.15) is 0 Å². The van der Waals surface area contributed by atoms with Gasteiger partial charge in [0, 0.05) is 12.8 Å². The van der Waals surface area contributed by atoms with E-state index >= 15 is 0 Å². The average molecular weight is 423 g/mol. The zero-order chi connectivity index (χ0) is 22.1. The van der Waals surface area contributed by atoms with E-state index in [0.717, 1.165) is 37.7 Å². The van der Waals surface area contributed by atoms with Gasteiger partial charge in [0.2, 0.25) is 0 Å². The number of halogens is 1. The second-order valence-corrected chi connectivity index (χ2v) is 9.21. The van der Waals surface area contributed by atoms with Crippen molar-refractivity contribution >= 4 is 5.78 Å². The van der Waals surface area contributed by atoms with Crippen LogP contribution in [0.25, 0.3) is 0 Å². The highest BCUT2D eigenvalue weighted by Crippen LogP contribution is 2.39. The largest absolute Gasteiger partial charge is 0.393 e. The highest BCUT2D eigenvalue weighted by atomic mass is 19.1. The lowest BCUT2D eigenvalue weighted by molar-refractivity contribution is -0.117. The summed E-state index contributed by atoms with van der Waals surface area (Å²) in [6, 6.07) is 0. The number of ketones is 1. The molecule has 5 heteroatoms. The summed E-state index contributed by atoms with van der Waals surface area (Å²) in [5.41, 5.74) is 1.59. The molecule has 0 radical (unpaired) electrons. The number of rotatable bonds is 12. The fraction of sp³-hybridized carbons (Fsp3) is 0.720. The summed E-state index contributed by atoms with van der Waals surface area (Å²) in [4.78, 5) is 11.0. The molecule has 170 valence electrons. The maximum atomic E-state index is 14.0.